The van der Waals surface area contributed by atoms with Gasteiger partial charge >= 0.3 is 95.2 Å². The number of piperidine rings is 1. The van der Waals surface area contributed by atoms with E-state index in [1.807, 2.05) is 13.8 Å². The predicted octanol–water partition coefficient (Wildman–Crippen LogP) is 4.37. The van der Waals surface area contributed by atoms with Crippen LogP contribution >= 0.6 is 0 Å². The number of fused-ring (bicyclic) bond motifs is 1. The number of rotatable bonds is 2. The number of aryl methyl sites for hydroxylation is 1. The van der Waals surface area contributed by atoms with Gasteiger partial charge < -0.3 is 4.90 Å². The number of nitrogens with zero attached hydrogens (tertiary/aromatic N) is 3. The van der Waals surface area contributed by atoms with Gasteiger partial charge in [0.1, 0.15) is 0 Å². The standard InChI is InChI=1S/C9H8F3N3Se.C9H19N.C2H6/c1-5-4-6-7(13)14-2-3-15(6)8(5)16-9(10,11)12;1-4-9-7-5-6-8(2)10(9)3;1-2/h2-4H,1H3,(H2,13,14);8-9H,4-7H2,1-3H3;1-2H3. The Morgan fingerprint density at radius 1 is 1.29 bits per heavy atom. The number of aromatic nitrogens is 2. The van der Waals surface area contributed by atoms with Crippen molar-refractivity contribution in [3.8, 4) is 0 Å². The van der Waals surface area contributed by atoms with Gasteiger partial charge in [0.2, 0.25) is 0 Å². The number of nitrogens with two attached hydrogens (primary N) is 1. The molecule has 0 spiro atoms. The van der Waals surface area contributed by atoms with E-state index in [0.29, 0.717) is 11.1 Å². The Balaban J connectivity index is 0.000000281. The van der Waals surface area contributed by atoms with Gasteiger partial charge in [-0.3, -0.25) is 0 Å². The van der Waals surface area contributed by atoms with E-state index in [0.717, 1.165) is 12.1 Å². The van der Waals surface area contributed by atoms with Crippen LogP contribution in [-0.2, 0) is 0 Å². The molecule has 4 nitrogen and oxygen atoms in total. The van der Waals surface area contributed by atoms with Crippen LogP contribution in [0.5, 0.6) is 0 Å². The third-order valence-electron chi connectivity index (χ3n) is 4.97. The maximum atomic E-state index is 12.4. The van der Waals surface area contributed by atoms with E-state index >= 15 is 0 Å². The SMILES string of the molecule is CC.CCC1CCCC(C)N1C.Cc1cc2c(N)nccn2c1[Se]C(F)(F)F. The van der Waals surface area contributed by atoms with Crippen LogP contribution in [0.25, 0.3) is 5.52 Å². The minimum absolute atomic E-state index is 0.245. The predicted molar refractivity (Wildman–Crippen MR) is 112 cm³/mol. The Morgan fingerprint density at radius 3 is 2.46 bits per heavy atom. The zero-order valence-electron chi connectivity index (χ0n) is 17.7. The van der Waals surface area contributed by atoms with Crippen molar-refractivity contribution in [2.24, 2.45) is 0 Å². The monoisotopic (exact) mass is 466 g/mol. The molecule has 0 amide bonds. The molecule has 3 heterocycles. The van der Waals surface area contributed by atoms with E-state index in [2.05, 4.69) is 30.8 Å². The Hall–Kier alpha value is -1.24. The Labute approximate surface area is 172 Å². The molecule has 28 heavy (non-hydrogen) atoms. The van der Waals surface area contributed by atoms with Gasteiger partial charge in [0, 0.05) is 12.1 Å². The van der Waals surface area contributed by atoms with Crippen molar-refractivity contribution in [1.82, 2.24) is 14.3 Å². The fourth-order valence-electron chi connectivity index (χ4n) is 3.37. The summed E-state index contributed by atoms with van der Waals surface area (Å²) in [6.45, 7) is 10.3. The van der Waals surface area contributed by atoms with E-state index < -0.39 is 20.0 Å². The normalized spacial score (nSPS) is 20.2. The van der Waals surface area contributed by atoms with Crippen LogP contribution in [0.2, 0.25) is 0 Å². The van der Waals surface area contributed by atoms with Gasteiger partial charge in [-0.05, 0) is 33.2 Å². The molecule has 2 aromatic heterocycles. The van der Waals surface area contributed by atoms with E-state index in [9.17, 15) is 13.2 Å². The van der Waals surface area contributed by atoms with Crippen LogP contribution < -0.4 is 10.3 Å². The molecule has 0 radical (unpaired) electrons. The summed E-state index contributed by atoms with van der Waals surface area (Å²) < 4.78 is 38.9. The fraction of sp³-hybridized carbons (Fsp3) is 0.650. The zero-order valence-corrected chi connectivity index (χ0v) is 19.4. The first-order valence-corrected chi connectivity index (χ1v) is 11.5. The number of anilines is 1. The van der Waals surface area contributed by atoms with Crippen LogP contribution in [-0.4, -0.2) is 53.4 Å². The molecule has 1 saturated heterocycles. The van der Waals surface area contributed by atoms with Gasteiger partial charge in [-0.15, -0.1) is 0 Å². The fourth-order valence-corrected chi connectivity index (χ4v) is 4.84. The van der Waals surface area contributed by atoms with Gasteiger partial charge in [0.25, 0.3) is 0 Å². The Bertz CT molecular complexity index is 730. The molecule has 1 aliphatic rings. The van der Waals surface area contributed by atoms with Crippen LogP contribution in [0.15, 0.2) is 18.5 Å². The topological polar surface area (TPSA) is 46.6 Å². The Kier molecular flexibility index (Phi) is 9.81. The van der Waals surface area contributed by atoms with E-state index in [1.165, 1.54) is 42.5 Å². The summed E-state index contributed by atoms with van der Waals surface area (Å²) in [5.74, 6) is 0.245. The molecule has 1 aliphatic heterocycles. The first kappa shape index (κ1) is 24.8. The quantitative estimate of drug-likeness (QED) is 0.671. The number of alkyl halides is 3. The molecule has 0 aliphatic carbocycles. The summed E-state index contributed by atoms with van der Waals surface area (Å²) in [5.41, 5.74) is 6.72. The van der Waals surface area contributed by atoms with Gasteiger partial charge in [0.05, 0.1) is 0 Å². The second-order valence-corrected chi connectivity index (χ2v) is 8.97. The molecular formula is C20H33F3N4Se. The summed E-state index contributed by atoms with van der Waals surface area (Å²) in [5, 5.41) is -4.16. The second kappa shape index (κ2) is 11.1. The first-order valence-electron chi connectivity index (χ1n) is 9.83. The molecule has 2 atom stereocenters. The molecule has 160 valence electrons. The third-order valence-corrected chi connectivity index (χ3v) is 6.95. The van der Waals surface area contributed by atoms with Crippen molar-refractivity contribution in [1.29, 1.82) is 0 Å². The van der Waals surface area contributed by atoms with Gasteiger partial charge in [0.15, 0.2) is 0 Å². The van der Waals surface area contributed by atoms with Crippen molar-refractivity contribution in [2.75, 3.05) is 12.8 Å². The van der Waals surface area contributed by atoms with Crippen LogP contribution in [0.4, 0.5) is 19.0 Å². The number of hydrogen-bond acceptors (Lipinski definition) is 3. The number of nitrogen functional groups attached to an aromatic ring is 1. The third kappa shape index (κ3) is 6.68. The molecule has 2 N–H and O–H groups in total. The molecular weight excluding hydrogens is 432 g/mol. The van der Waals surface area contributed by atoms with Crippen molar-refractivity contribution in [2.45, 2.75) is 77.5 Å². The second-order valence-electron chi connectivity index (χ2n) is 6.76. The number of halogens is 3. The summed E-state index contributed by atoms with van der Waals surface area (Å²) in [4.78, 5) is 6.37. The van der Waals surface area contributed by atoms with Gasteiger partial charge in [-0.2, -0.15) is 0 Å². The molecule has 2 unspecified atom stereocenters. The first-order chi connectivity index (χ1) is 13.1. The van der Waals surface area contributed by atoms with Crippen LogP contribution in [0.3, 0.4) is 0 Å². The van der Waals surface area contributed by atoms with Crippen molar-refractivity contribution in [3.63, 3.8) is 0 Å². The minimum atomic E-state index is -4.16. The Morgan fingerprint density at radius 2 is 1.93 bits per heavy atom. The summed E-state index contributed by atoms with van der Waals surface area (Å²) >= 11 is -1.57. The van der Waals surface area contributed by atoms with Gasteiger partial charge in [-0.25, -0.2) is 0 Å². The molecule has 2 aromatic rings. The van der Waals surface area contributed by atoms with Crippen molar-refractivity contribution >= 4 is 30.9 Å². The summed E-state index contributed by atoms with van der Waals surface area (Å²) in [7, 11) is 2.26. The number of likely N-dealkylation sites (tertiary alicyclic amines) is 1. The van der Waals surface area contributed by atoms with Crippen LogP contribution in [0.1, 0.15) is 58.9 Å². The van der Waals surface area contributed by atoms with Crippen molar-refractivity contribution < 1.29 is 13.2 Å². The van der Waals surface area contributed by atoms with E-state index in [-0.39, 0.29) is 10.4 Å². The van der Waals surface area contributed by atoms with E-state index in [4.69, 9.17) is 5.73 Å². The summed E-state index contributed by atoms with van der Waals surface area (Å²) in [6, 6.07) is 3.31. The molecule has 1 fully saturated rings. The molecule has 0 saturated carbocycles. The molecule has 8 heteroatoms. The summed E-state index contributed by atoms with van der Waals surface area (Å²) in [6.07, 6.45) is 8.47. The molecule has 0 bridgehead atoms. The zero-order chi connectivity index (χ0) is 21.5. The number of hydrogen-bond donors (Lipinski definition) is 1. The average Bonchev–Trinajstić information content (AvgIpc) is 2.95. The van der Waals surface area contributed by atoms with Crippen LogP contribution in [0, 0.1) is 6.92 Å². The average molecular weight is 465 g/mol. The molecule has 0 aromatic carbocycles. The molecule has 3 rings (SSSR count). The maximum absolute atomic E-state index is 12.4. The van der Waals surface area contributed by atoms with Gasteiger partial charge in [-0.1, -0.05) is 27.2 Å². The van der Waals surface area contributed by atoms with Crippen molar-refractivity contribution in [3.05, 3.63) is 24.0 Å². The van der Waals surface area contributed by atoms with E-state index in [1.54, 1.807) is 13.0 Å².